The van der Waals surface area contributed by atoms with E-state index in [0.29, 0.717) is 31.3 Å². The van der Waals surface area contributed by atoms with Crippen LogP contribution in [0.1, 0.15) is 18.4 Å². The van der Waals surface area contributed by atoms with Crippen molar-refractivity contribution >= 4 is 74.7 Å². The molecule has 0 bridgehead atoms. The first-order chi connectivity index (χ1) is 15.4. The van der Waals surface area contributed by atoms with Crippen LogP contribution < -0.4 is 10.2 Å². The van der Waals surface area contributed by atoms with Crippen LogP contribution in [0.4, 0.5) is 10.5 Å². The molecule has 2 aromatic rings. The van der Waals surface area contributed by atoms with E-state index in [1.165, 1.54) is 6.42 Å². The summed E-state index contributed by atoms with van der Waals surface area (Å²) in [5.74, 6) is 0.243. The Balaban J connectivity index is 1.64. The first-order valence-corrected chi connectivity index (χ1v) is 12.9. The number of likely N-dealkylation sites (tertiary alicyclic amines) is 1. The molecule has 1 N–H and O–H groups in total. The zero-order valence-corrected chi connectivity index (χ0v) is 21.5. The summed E-state index contributed by atoms with van der Waals surface area (Å²) in [4.78, 5) is 17.3. The second-order valence-corrected chi connectivity index (χ2v) is 10.9. The quantitative estimate of drug-likeness (QED) is 0.233. The highest BCUT2D eigenvalue weighted by molar-refractivity contribution is 14.1. The highest BCUT2D eigenvalue weighted by Crippen LogP contribution is 2.45. The predicted molar refractivity (Wildman–Crippen MR) is 141 cm³/mol. The van der Waals surface area contributed by atoms with Gasteiger partial charge in [-0.25, -0.2) is 4.79 Å². The SMILES string of the molecule is O=C1NCC2=C(CC(CN3CCC3I)C=C2c2ccccc2Cl)N1c1c(Cl)cccc1Cl. The number of hydrogen-bond acceptors (Lipinski definition) is 2. The molecular weight excluding hydrogens is 580 g/mol. The second-order valence-electron chi connectivity index (χ2n) is 8.23. The minimum atomic E-state index is -0.214. The van der Waals surface area contributed by atoms with E-state index in [0.717, 1.165) is 41.9 Å². The number of alkyl halides is 1. The van der Waals surface area contributed by atoms with E-state index in [1.807, 2.05) is 24.3 Å². The Kier molecular flexibility index (Phi) is 6.47. The standard InChI is InChI=1S/C24H21Cl3IN3O/c25-18-5-2-1-4-15(18)16-10-14(13-30-9-8-22(30)28)11-21-17(16)12-29-24(32)31(21)23-19(26)6-3-7-20(23)27/h1-7,10,14,22H,8-9,11-13H2,(H,29,32). The van der Waals surface area contributed by atoms with E-state index in [4.69, 9.17) is 34.8 Å². The number of nitrogens with one attached hydrogen (secondary N) is 1. The first-order valence-electron chi connectivity index (χ1n) is 10.5. The van der Waals surface area contributed by atoms with E-state index in [2.05, 4.69) is 38.9 Å². The van der Waals surface area contributed by atoms with Gasteiger partial charge in [-0.3, -0.25) is 9.80 Å². The monoisotopic (exact) mass is 599 g/mol. The molecule has 2 aliphatic heterocycles. The Bertz CT molecular complexity index is 1130. The van der Waals surface area contributed by atoms with Crippen molar-refractivity contribution in [2.75, 3.05) is 24.5 Å². The van der Waals surface area contributed by atoms with Gasteiger partial charge in [0, 0.05) is 35.9 Å². The summed E-state index contributed by atoms with van der Waals surface area (Å²) >= 11 is 22.2. The molecule has 2 amide bonds. The molecule has 166 valence electrons. The number of rotatable bonds is 4. The number of para-hydroxylation sites is 1. The number of halogens is 4. The van der Waals surface area contributed by atoms with Crippen molar-refractivity contribution in [2.24, 2.45) is 5.92 Å². The van der Waals surface area contributed by atoms with Crippen LogP contribution in [-0.2, 0) is 0 Å². The molecule has 3 aliphatic rings. The Morgan fingerprint density at radius 2 is 1.75 bits per heavy atom. The van der Waals surface area contributed by atoms with Gasteiger partial charge in [0.2, 0.25) is 0 Å². The van der Waals surface area contributed by atoms with Crippen LogP contribution in [-0.4, -0.2) is 34.6 Å². The second kappa shape index (κ2) is 9.18. The lowest BCUT2D eigenvalue weighted by molar-refractivity contribution is 0.149. The molecule has 0 radical (unpaired) electrons. The third kappa shape index (κ3) is 4.07. The molecule has 2 atom stereocenters. The molecule has 2 aromatic carbocycles. The van der Waals surface area contributed by atoms with Crippen LogP contribution in [0.3, 0.4) is 0 Å². The largest absolute Gasteiger partial charge is 0.333 e. The topological polar surface area (TPSA) is 35.6 Å². The molecular formula is C24H21Cl3IN3O. The Hall–Kier alpha value is -1.25. The molecule has 2 unspecified atom stereocenters. The van der Waals surface area contributed by atoms with Crippen LogP contribution in [0.5, 0.6) is 0 Å². The number of anilines is 1. The number of nitrogens with zero attached hydrogens (tertiary/aromatic N) is 2. The van der Waals surface area contributed by atoms with Gasteiger partial charge in [-0.2, -0.15) is 0 Å². The molecule has 0 saturated carbocycles. The number of carbonyl (C=O) groups is 1. The van der Waals surface area contributed by atoms with Gasteiger partial charge in [0.15, 0.2) is 0 Å². The summed E-state index contributed by atoms with van der Waals surface area (Å²) in [5.41, 5.74) is 4.56. The van der Waals surface area contributed by atoms with Crippen molar-refractivity contribution in [3.05, 3.63) is 80.4 Å². The Morgan fingerprint density at radius 1 is 1.03 bits per heavy atom. The lowest BCUT2D eigenvalue weighted by Gasteiger charge is -2.42. The van der Waals surface area contributed by atoms with Crippen LogP contribution >= 0.6 is 57.4 Å². The molecule has 0 spiro atoms. The number of benzene rings is 2. The number of urea groups is 1. The molecule has 1 aliphatic carbocycles. The highest BCUT2D eigenvalue weighted by atomic mass is 127. The first kappa shape index (κ1) is 22.5. The van der Waals surface area contributed by atoms with Crippen LogP contribution in [0, 0.1) is 5.92 Å². The fourth-order valence-corrected chi connectivity index (χ4v) is 6.20. The van der Waals surface area contributed by atoms with Gasteiger partial charge in [0.25, 0.3) is 0 Å². The maximum atomic E-state index is 13.1. The zero-order valence-electron chi connectivity index (χ0n) is 17.1. The van der Waals surface area contributed by atoms with Crippen molar-refractivity contribution in [2.45, 2.75) is 16.9 Å². The number of allylic oxidation sites excluding steroid dienone is 1. The van der Waals surface area contributed by atoms with Gasteiger partial charge < -0.3 is 5.32 Å². The van der Waals surface area contributed by atoms with Gasteiger partial charge in [-0.15, -0.1) is 0 Å². The van der Waals surface area contributed by atoms with Crippen LogP contribution in [0.15, 0.2) is 59.8 Å². The summed E-state index contributed by atoms with van der Waals surface area (Å²) in [6.07, 6.45) is 4.27. The average Bonchev–Trinajstić information content (AvgIpc) is 2.77. The molecule has 5 rings (SSSR count). The minimum Gasteiger partial charge on any atom is -0.333 e. The summed E-state index contributed by atoms with van der Waals surface area (Å²) < 4.78 is 0.559. The minimum absolute atomic E-state index is 0.214. The lowest BCUT2D eigenvalue weighted by atomic mass is 9.82. The number of carbonyl (C=O) groups excluding carboxylic acids is 1. The van der Waals surface area contributed by atoms with Crippen molar-refractivity contribution < 1.29 is 4.79 Å². The summed E-state index contributed by atoms with van der Waals surface area (Å²) in [5, 5.41) is 4.59. The molecule has 1 fully saturated rings. The normalized spacial score (nSPS) is 23.4. The number of hydrogen-bond donors (Lipinski definition) is 1. The number of amides is 2. The van der Waals surface area contributed by atoms with Crippen molar-refractivity contribution in [3.63, 3.8) is 0 Å². The maximum Gasteiger partial charge on any atom is 0.326 e. The van der Waals surface area contributed by atoms with Gasteiger partial charge in [0.05, 0.1) is 19.8 Å². The van der Waals surface area contributed by atoms with Crippen molar-refractivity contribution in [3.8, 4) is 0 Å². The van der Waals surface area contributed by atoms with Crippen LogP contribution in [0.2, 0.25) is 15.1 Å². The fourth-order valence-electron chi connectivity index (χ4n) is 4.62. The van der Waals surface area contributed by atoms with E-state index < -0.39 is 0 Å². The van der Waals surface area contributed by atoms with Crippen LogP contribution in [0.25, 0.3) is 5.57 Å². The Labute approximate surface area is 216 Å². The van der Waals surface area contributed by atoms with Crippen molar-refractivity contribution in [1.82, 2.24) is 10.2 Å². The molecule has 8 heteroatoms. The smallest absolute Gasteiger partial charge is 0.326 e. The zero-order chi connectivity index (χ0) is 22.4. The lowest BCUT2D eigenvalue weighted by Crippen LogP contribution is -2.49. The van der Waals surface area contributed by atoms with Gasteiger partial charge in [-0.1, -0.05) is 87.7 Å². The van der Waals surface area contributed by atoms with E-state index >= 15 is 0 Å². The highest BCUT2D eigenvalue weighted by Gasteiger charge is 2.37. The van der Waals surface area contributed by atoms with Gasteiger partial charge >= 0.3 is 6.03 Å². The van der Waals surface area contributed by atoms with E-state index in [1.54, 1.807) is 23.1 Å². The third-order valence-electron chi connectivity index (χ3n) is 6.27. The van der Waals surface area contributed by atoms with Crippen molar-refractivity contribution in [1.29, 1.82) is 0 Å². The molecule has 2 heterocycles. The molecule has 1 saturated heterocycles. The van der Waals surface area contributed by atoms with E-state index in [-0.39, 0.29) is 11.9 Å². The summed E-state index contributed by atoms with van der Waals surface area (Å²) in [6, 6.07) is 13.0. The predicted octanol–water partition coefficient (Wildman–Crippen LogP) is 7.00. The summed E-state index contributed by atoms with van der Waals surface area (Å²) in [6.45, 7) is 2.48. The average molecular weight is 601 g/mol. The maximum absolute atomic E-state index is 13.1. The third-order valence-corrected chi connectivity index (χ3v) is 8.62. The fraction of sp³-hybridized carbons (Fsp3) is 0.292. The molecule has 32 heavy (non-hydrogen) atoms. The molecule has 4 nitrogen and oxygen atoms in total. The van der Waals surface area contributed by atoms with E-state index in [9.17, 15) is 4.79 Å². The Morgan fingerprint density at radius 3 is 2.41 bits per heavy atom. The summed E-state index contributed by atoms with van der Waals surface area (Å²) in [7, 11) is 0. The molecule has 0 aromatic heterocycles. The van der Waals surface area contributed by atoms with Gasteiger partial charge in [-0.05, 0) is 48.1 Å². The van der Waals surface area contributed by atoms with Gasteiger partial charge in [0.1, 0.15) is 0 Å².